The standard InChI is InChI=1S/C20H16F3N3O3/c21-20(22,23)15-5-4-8-18(12-15)29-19-10-9-17(26(27)28)11-14(19)13-24-25-16-6-2-1-3-7-16/h1-12,24-25H,13H2. The number of benzene rings is 3. The number of rotatable bonds is 7. The molecule has 0 aliphatic heterocycles. The van der Waals surface area contributed by atoms with Gasteiger partial charge in [-0.1, -0.05) is 24.3 Å². The zero-order valence-electron chi connectivity index (χ0n) is 14.9. The molecule has 3 aromatic rings. The number of hydrogen-bond acceptors (Lipinski definition) is 5. The van der Waals surface area contributed by atoms with Crippen LogP contribution in [0, 0.1) is 10.1 Å². The number of ether oxygens (including phenoxy) is 1. The molecule has 150 valence electrons. The van der Waals surface area contributed by atoms with Gasteiger partial charge in [-0.05, 0) is 36.4 Å². The Hall–Kier alpha value is -3.59. The fourth-order valence-corrected chi connectivity index (χ4v) is 2.54. The summed E-state index contributed by atoms with van der Waals surface area (Å²) in [6, 6.07) is 17.5. The number of nitro benzene ring substituents is 1. The van der Waals surface area contributed by atoms with Crippen molar-refractivity contribution in [3.8, 4) is 11.5 Å². The van der Waals surface area contributed by atoms with Gasteiger partial charge in [0, 0.05) is 29.9 Å². The third-order valence-electron chi connectivity index (χ3n) is 3.93. The van der Waals surface area contributed by atoms with Gasteiger partial charge in [-0.25, -0.2) is 5.43 Å². The Morgan fingerprint density at radius 1 is 0.966 bits per heavy atom. The monoisotopic (exact) mass is 403 g/mol. The molecule has 0 heterocycles. The van der Waals surface area contributed by atoms with Crippen LogP contribution in [-0.2, 0) is 12.7 Å². The molecule has 6 nitrogen and oxygen atoms in total. The second kappa shape index (κ2) is 8.61. The number of alkyl halides is 3. The number of para-hydroxylation sites is 1. The molecule has 29 heavy (non-hydrogen) atoms. The summed E-state index contributed by atoms with van der Waals surface area (Å²) in [6.45, 7) is 0.130. The zero-order valence-corrected chi connectivity index (χ0v) is 14.9. The van der Waals surface area contributed by atoms with Crippen LogP contribution < -0.4 is 15.6 Å². The molecular weight excluding hydrogens is 387 g/mol. The number of nitrogens with zero attached hydrogens (tertiary/aromatic N) is 1. The number of non-ortho nitro benzene ring substituents is 1. The number of nitro groups is 1. The quantitative estimate of drug-likeness (QED) is 0.401. The van der Waals surface area contributed by atoms with E-state index in [2.05, 4.69) is 10.9 Å². The van der Waals surface area contributed by atoms with E-state index in [-0.39, 0.29) is 23.7 Å². The van der Waals surface area contributed by atoms with Gasteiger partial charge < -0.3 is 10.2 Å². The Balaban J connectivity index is 1.81. The maximum atomic E-state index is 12.9. The van der Waals surface area contributed by atoms with Crippen molar-refractivity contribution >= 4 is 11.4 Å². The normalized spacial score (nSPS) is 11.1. The predicted molar refractivity (Wildman–Crippen MR) is 102 cm³/mol. The van der Waals surface area contributed by atoms with Crippen molar-refractivity contribution in [3.63, 3.8) is 0 Å². The molecule has 0 fully saturated rings. The van der Waals surface area contributed by atoms with E-state index in [1.807, 2.05) is 30.3 Å². The second-order valence-electron chi connectivity index (χ2n) is 6.02. The van der Waals surface area contributed by atoms with Crippen molar-refractivity contribution in [2.75, 3.05) is 5.43 Å². The molecule has 0 spiro atoms. The summed E-state index contributed by atoms with van der Waals surface area (Å²) in [5.74, 6) is 0.184. The van der Waals surface area contributed by atoms with Crippen molar-refractivity contribution in [1.29, 1.82) is 0 Å². The number of nitrogens with one attached hydrogen (secondary N) is 2. The van der Waals surface area contributed by atoms with Gasteiger partial charge in [-0.3, -0.25) is 10.1 Å². The first-order chi connectivity index (χ1) is 13.8. The van der Waals surface area contributed by atoms with Crippen LogP contribution in [0.5, 0.6) is 11.5 Å². The molecule has 0 aliphatic carbocycles. The molecule has 0 bridgehead atoms. The van der Waals surface area contributed by atoms with Crippen molar-refractivity contribution < 1.29 is 22.8 Å². The molecule has 2 N–H and O–H groups in total. The SMILES string of the molecule is O=[N+]([O-])c1ccc(Oc2cccc(C(F)(F)F)c2)c(CNNc2ccccc2)c1. The van der Waals surface area contributed by atoms with Crippen molar-refractivity contribution in [1.82, 2.24) is 5.43 Å². The Kier molecular flexibility index (Phi) is 5.99. The maximum absolute atomic E-state index is 12.9. The van der Waals surface area contributed by atoms with Gasteiger partial charge in [0.15, 0.2) is 0 Å². The summed E-state index contributed by atoms with van der Waals surface area (Å²) in [7, 11) is 0. The topological polar surface area (TPSA) is 76.4 Å². The van der Waals surface area contributed by atoms with Gasteiger partial charge in [0.1, 0.15) is 11.5 Å². The van der Waals surface area contributed by atoms with Crippen molar-refractivity contribution in [2.45, 2.75) is 12.7 Å². The highest BCUT2D eigenvalue weighted by Crippen LogP contribution is 2.34. The van der Waals surface area contributed by atoms with Gasteiger partial charge in [-0.15, -0.1) is 0 Å². The van der Waals surface area contributed by atoms with E-state index in [0.29, 0.717) is 5.56 Å². The van der Waals surface area contributed by atoms with E-state index in [1.165, 1.54) is 30.3 Å². The lowest BCUT2D eigenvalue weighted by molar-refractivity contribution is -0.384. The van der Waals surface area contributed by atoms with E-state index in [1.54, 1.807) is 0 Å². The molecule has 0 saturated heterocycles. The molecule has 0 unspecified atom stereocenters. The lowest BCUT2D eigenvalue weighted by Crippen LogP contribution is -2.21. The van der Waals surface area contributed by atoms with Gasteiger partial charge in [-0.2, -0.15) is 13.2 Å². The average molecular weight is 403 g/mol. The number of hydrogen-bond donors (Lipinski definition) is 2. The molecular formula is C20H16F3N3O3. The summed E-state index contributed by atoms with van der Waals surface area (Å²) in [4.78, 5) is 10.5. The Morgan fingerprint density at radius 2 is 1.72 bits per heavy atom. The highest BCUT2D eigenvalue weighted by molar-refractivity contribution is 5.47. The van der Waals surface area contributed by atoms with Gasteiger partial charge >= 0.3 is 6.18 Å². The molecule has 0 amide bonds. The lowest BCUT2D eigenvalue weighted by atomic mass is 10.1. The summed E-state index contributed by atoms with van der Waals surface area (Å²) in [5.41, 5.74) is 6.03. The fraction of sp³-hybridized carbons (Fsp3) is 0.100. The van der Waals surface area contributed by atoms with Crippen LogP contribution >= 0.6 is 0 Å². The minimum Gasteiger partial charge on any atom is -0.457 e. The third kappa shape index (κ3) is 5.45. The first-order valence-corrected chi connectivity index (χ1v) is 8.49. The van der Waals surface area contributed by atoms with Crippen LogP contribution in [0.15, 0.2) is 72.8 Å². The molecule has 3 aromatic carbocycles. The molecule has 0 aliphatic rings. The van der Waals surface area contributed by atoms with E-state index >= 15 is 0 Å². The van der Waals surface area contributed by atoms with E-state index in [4.69, 9.17) is 4.74 Å². The Bertz CT molecular complexity index is 995. The molecule has 0 saturated carbocycles. The van der Waals surface area contributed by atoms with Gasteiger partial charge in [0.05, 0.1) is 10.5 Å². The second-order valence-corrected chi connectivity index (χ2v) is 6.02. The molecule has 0 radical (unpaired) electrons. The minimum absolute atomic E-state index is 0.0223. The van der Waals surface area contributed by atoms with Crippen LogP contribution in [0.4, 0.5) is 24.5 Å². The smallest absolute Gasteiger partial charge is 0.416 e. The fourth-order valence-electron chi connectivity index (χ4n) is 2.54. The molecule has 9 heteroatoms. The van der Waals surface area contributed by atoms with Crippen molar-refractivity contribution in [2.24, 2.45) is 0 Å². The number of anilines is 1. The summed E-state index contributed by atoms with van der Waals surface area (Å²) in [6.07, 6.45) is -4.50. The highest BCUT2D eigenvalue weighted by Gasteiger charge is 2.30. The first kappa shape index (κ1) is 20.2. The third-order valence-corrected chi connectivity index (χ3v) is 3.93. The Labute approximate surface area is 164 Å². The molecule has 0 aromatic heterocycles. The Morgan fingerprint density at radius 3 is 2.41 bits per heavy atom. The minimum atomic E-state index is -4.50. The highest BCUT2D eigenvalue weighted by atomic mass is 19.4. The van der Waals surface area contributed by atoms with E-state index in [9.17, 15) is 23.3 Å². The average Bonchev–Trinajstić information content (AvgIpc) is 2.69. The summed E-state index contributed by atoms with van der Waals surface area (Å²) < 4.78 is 44.3. The molecule has 3 rings (SSSR count). The van der Waals surface area contributed by atoms with Crippen LogP contribution in [0.25, 0.3) is 0 Å². The van der Waals surface area contributed by atoms with Gasteiger partial charge in [0.25, 0.3) is 5.69 Å². The van der Waals surface area contributed by atoms with Crippen LogP contribution in [0.3, 0.4) is 0 Å². The maximum Gasteiger partial charge on any atom is 0.416 e. The summed E-state index contributed by atoms with van der Waals surface area (Å²) >= 11 is 0. The van der Waals surface area contributed by atoms with Gasteiger partial charge in [0.2, 0.25) is 0 Å². The van der Waals surface area contributed by atoms with Crippen molar-refractivity contribution in [3.05, 3.63) is 94.0 Å². The zero-order chi connectivity index (χ0) is 20.9. The number of halogens is 3. The van der Waals surface area contributed by atoms with Crippen LogP contribution in [0.1, 0.15) is 11.1 Å². The lowest BCUT2D eigenvalue weighted by Gasteiger charge is -2.14. The molecule has 0 atom stereocenters. The van der Waals surface area contributed by atoms with Crippen LogP contribution in [0.2, 0.25) is 0 Å². The number of hydrazine groups is 1. The van der Waals surface area contributed by atoms with E-state index in [0.717, 1.165) is 17.8 Å². The summed E-state index contributed by atoms with van der Waals surface area (Å²) in [5, 5.41) is 11.1. The van der Waals surface area contributed by atoms with Crippen LogP contribution in [-0.4, -0.2) is 4.92 Å². The predicted octanol–water partition coefficient (Wildman–Crippen LogP) is 5.52. The first-order valence-electron chi connectivity index (χ1n) is 8.49. The largest absolute Gasteiger partial charge is 0.457 e. The van der Waals surface area contributed by atoms with E-state index < -0.39 is 16.7 Å².